The van der Waals surface area contributed by atoms with Crippen LogP contribution < -0.4 is 5.32 Å². The molecule has 8 heteroatoms. The fourth-order valence-corrected chi connectivity index (χ4v) is 2.06. The quantitative estimate of drug-likeness (QED) is 0.839. The second kappa shape index (κ2) is 5.90. The minimum absolute atomic E-state index is 0.327. The second-order valence-electron chi connectivity index (χ2n) is 5.48. The van der Waals surface area contributed by atoms with Crippen molar-refractivity contribution in [2.24, 2.45) is 0 Å². The molecule has 7 nitrogen and oxygen atoms in total. The molecule has 0 saturated heterocycles. The fourth-order valence-electron chi connectivity index (χ4n) is 1.69. The number of hydrogen-bond donors (Lipinski definition) is 1. The first-order valence-electron chi connectivity index (χ1n) is 6.54. The van der Waals surface area contributed by atoms with Gasteiger partial charge in [0, 0.05) is 12.8 Å². The average Bonchev–Trinajstić information content (AvgIpc) is 2.86. The molecule has 0 aliphatic carbocycles. The number of tetrazole rings is 1. The van der Waals surface area contributed by atoms with Crippen LogP contribution >= 0.6 is 0 Å². The van der Waals surface area contributed by atoms with Crippen molar-refractivity contribution in [3.63, 3.8) is 0 Å². The maximum atomic E-state index is 11.6. The van der Waals surface area contributed by atoms with Crippen molar-refractivity contribution in [3.05, 3.63) is 36.2 Å². The summed E-state index contributed by atoms with van der Waals surface area (Å²) in [6.45, 7) is 4.10. The van der Waals surface area contributed by atoms with Gasteiger partial charge in [-0.2, -0.15) is 4.68 Å². The molecule has 0 amide bonds. The van der Waals surface area contributed by atoms with Crippen LogP contribution in [-0.4, -0.2) is 46.2 Å². The normalized spacial score (nSPS) is 12.5. The molecule has 0 saturated carbocycles. The molecule has 0 radical (unpaired) electrons. The van der Waals surface area contributed by atoms with Crippen LogP contribution in [0.4, 0.5) is 0 Å². The van der Waals surface area contributed by atoms with Gasteiger partial charge in [0.25, 0.3) is 0 Å². The van der Waals surface area contributed by atoms with E-state index in [4.69, 9.17) is 0 Å². The van der Waals surface area contributed by atoms with E-state index < -0.39 is 14.6 Å². The lowest BCUT2D eigenvalue weighted by atomic mass is 10.2. The van der Waals surface area contributed by atoms with E-state index in [9.17, 15) is 8.42 Å². The number of nitrogens with zero attached hydrogens (tertiary/aromatic N) is 4. The first kappa shape index (κ1) is 15.6. The van der Waals surface area contributed by atoms with E-state index in [1.807, 2.05) is 30.3 Å². The third-order valence-corrected chi connectivity index (χ3v) is 5.52. The minimum Gasteiger partial charge on any atom is -0.308 e. The van der Waals surface area contributed by atoms with E-state index >= 15 is 0 Å². The molecule has 0 unspecified atom stereocenters. The van der Waals surface area contributed by atoms with Crippen LogP contribution in [0, 0.1) is 0 Å². The van der Waals surface area contributed by atoms with E-state index in [2.05, 4.69) is 20.8 Å². The summed E-state index contributed by atoms with van der Waals surface area (Å²) in [5, 5.41) is 14.7. The van der Waals surface area contributed by atoms with Gasteiger partial charge in [-0.1, -0.05) is 18.2 Å². The van der Waals surface area contributed by atoms with Crippen molar-refractivity contribution >= 4 is 9.84 Å². The summed E-state index contributed by atoms with van der Waals surface area (Å²) >= 11 is 0. The van der Waals surface area contributed by atoms with Crippen LogP contribution in [0.15, 0.2) is 30.3 Å². The zero-order valence-electron chi connectivity index (χ0n) is 12.3. The molecule has 21 heavy (non-hydrogen) atoms. The molecule has 114 valence electrons. The second-order valence-corrected chi connectivity index (χ2v) is 8.13. The molecule has 2 aromatic rings. The number of sulfone groups is 1. The Morgan fingerprint density at radius 2 is 1.90 bits per heavy atom. The monoisotopic (exact) mass is 309 g/mol. The average molecular weight is 309 g/mol. The van der Waals surface area contributed by atoms with Gasteiger partial charge in [0.1, 0.15) is 0 Å². The summed E-state index contributed by atoms with van der Waals surface area (Å²) in [6.07, 6.45) is 1.24. The van der Waals surface area contributed by atoms with Gasteiger partial charge in [0.05, 0.1) is 17.0 Å². The highest BCUT2D eigenvalue weighted by molar-refractivity contribution is 7.92. The standard InChI is InChI=1S/C13H19N5O2S/c1-13(2,21(3,19)20)10-14-9-12-15-16-17-18(12)11-7-5-4-6-8-11/h4-8,14H,9-10H2,1-3H3. The van der Waals surface area contributed by atoms with E-state index in [0.717, 1.165) is 5.69 Å². The van der Waals surface area contributed by atoms with Gasteiger partial charge in [0.2, 0.25) is 0 Å². The maximum Gasteiger partial charge on any atom is 0.170 e. The van der Waals surface area contributed by atoms with Crippen LogP contribution in [0.1, 0.15) is 19.7 Å². The Balaban J connectivity index is 2.05. The van der Waals surface area contributed by atoms with E-state index in [-0.39, 0.29) is 0 Å². The third kappa shape index (κ3) is 3.64. The predicted molar refractivity (Wildman–Crippen MR) is 79.8 cm³/mol. The lowest BCUT2D eigenvalue weighted by Crippen LogP contribution is -2.41. The fraction of sp³-hybridized carbons (Fsp3) is 0.462. The molecule has 0 aliphatic rings. The number of hydrogen-bond acceptors (Lipinski definition) is 6. The summed E-state index contributed by atoms with van der Waals surface area (Å²) in [4.78, 5) is 0. The van der Waals surface area contributed by atoms with Gasteiger partial charge in [-0.3, -0.25) is 0 Å². The SMILES string of the molecule is CC(C)(CNCc1nnnn1-c1ccccc1)S(C)(=O)=O. The molecule has 0 spiro atoms. The molecule has 1 aromatic carbocycles. The number of benzene rings is 1. The molecule has 1 N–H and O–H groups in total. The molecule has 1 aromatic heterocycles. The molecule has 0 atom stereocenters. The highest BCUT2D eigenvalue weighted by Crippen LogP contribution is 2.14. The predicted octanol–water partition coefficient (Wildman–Crippen LogP) is 0.575. The Morgan fingerprint density at radius 1 is 1.24 bits per heavy atom. The van der Waals surface area contributed by atoms with E-state index in [1.54, 1.807) is 18.5 Å². The molecular formula is C13H19N5O2S. The number of nitrogens with one attached hydrogen (secondary N) is 1. The van der Waals surface area contributed by atoms with Crippen molar-refractivity contribution in [3.8, 4) is 5.69 Å². The van der Waals surface area contributed by atoms with Gasteiger partial charge >= 0.3 is 0 Å². The Labute approximate surface area is 124 Å². The topological polar surface area (TPSA) is 89.8 Å². The molecule has 0 aliphatic heterocycles. The summed E-state index contributed by atoms with van der Waals surface area (Å²) in [7, 11) is -3.13. The van der Waals surface area contributed by atoms with Crippen LogP contribution in [0.3, 0.4) is 0 Å². The van der Waals surface area contributed by atoms with Crippen LogP contribution in [0.2, 0.25) is 0 Å². The number of aromatic nitrogens is 4. The smallest absolute Gasteiger partial charge is 0.170 e. The molecule has 2 rings (SSSR count). The summed E-state index contributed by atoms with van der Waals surface area (Å²) in [5.41, 5.74) is 0.863. The van der Waals surface area contributed by atoms with Crippen molar-refractivity contribution in [2.45, 2.75) is 25.1 Å². The van der Waals surface area contributed by atoms with Crippen LogP contribution in [0.5, 0.6) is 0 Å². The van der Waals surface area contributed by atoms with Crippen LogP contribution in [0.25, 0.3) is 5.69 Å². The minimum atomic E-state index is -3.13. The zero-order valence-corrected chi connectivity index (χ0v) is 13.1. The molecule has 0 bridgehead atoms. The molecular weight excluding hydrogens is 290 g/mol. The van der Waals surface area contributed by atoms with Gasteiger partial charge in [0.15, 0.2) is 15.7 Å². The first-order chi connectivity index (χ1) is 9.81. The van der Waals surface area contributed by atoms with Crippen molar-refractivity contribution in [1.82, 2.24) is 25.5 Å². The summed E-state index contributed by atoms with van der Waals surface area (Å²) < 4.78 is 24.1. The maximum absolute atomic E-state index is 11.6. The summed E-state index contributed by atoms with van der Waals surface area (Å²) in [6, 6.07) is 9.53. The third-order valence-electron chi connectivity index (χ3n) is 3.37. The number of para-hydroxylation sites is 1. The van der Waals surface area contributed by atoms with Crippen molar-refractivity contribution < 1.29 is 8.42 Å². The van der Waals surface area contributed by atoms with Gasteiger partial charge in [-0.15, -0.1) is 5.10 Å². The molecule has 1 heterocycles. The van der Waals surface area contributed by atoms with Crippen LogP contribution in [-0.2, 0) is 16.4 Å². The lowest BCUT2D eigenvalue weighted by Gasteiger charge is -2.22. The molecule has 0 fully saturated rings. The van der Waals surface area contributed by atoms with E-state index in [0.29, 0.717) is 18.9 Å². The van der Waals surface area contributed by atoms with Crippen molar-refractivity contribution in [1.29, 1.82) is 0 Å². The van der Waals surface area contributed by atoms with Gasteiger partial charge in [-0.25, -0.2) is 8.42 Å². The zero-order chi connectivity index (χ0) is 15.5. The van der Waals surface area contributed by atoms with Gasteiger partial charge < -0.3 is 5.32 Å². The Kier molecular flexibility index (Phi) is 4.38. The largest absolute Gasteiger partial charge is 0.308 e. The number of rotatable bonds is 6. The highest BCUT2D eigenvalue weighted by atomic mass is 32.2. The lowest BCUT2D eigenvalue weighted by molar-refractivity contribution is 0.515. The Bertz CT molecular complexity index is 694. The Morgan fingerprint density at radius 3 is 2.52 bits per heavy atom. The summed E-state index contributed by atoms with van der Waals surface area (Å²) in [5.74, 6) is 0.630. The first-order valence-corrected chi connectivity index (χ1v) is 8.43. The van der Waals surface area contributed by atoms with E-state index in [1.165, 1.54) is 6.26 Å². The van der Waals surface area contributed by atoms with Gasteiger partial charge in [-0.05, 0) is 36.4 Å². The van der Waals surface area contributed by atoms with Crippen molar-refractivity contribution in [2.75, 3.05) is 12.8 Å². The Hall–Kier alpha value is -1.80. The highest BCUT2D eigenvalue weighted by Gasteiger charge is 2.29.